The lowest BCUT2D eigenvalue weighted by Crippen LogP contribution is -2.41. The van der Waals surface area contributed by atoms with Crippen LogP contribution < -0.4 is 10.6 Å². The van der Waals surface area contributed by atoms with Crippen LogP contribution in [0.4, 0.5) is 0 Å². The van der Waals surface area contributed by atoms with Crippen molar-refractivity contribution < 1.29 is 0 Å². The molecule has 1 atom stereocenters. The van der Waals surface area contributed by atoms with Gasteiger partial charge in [-0.1, -0.05) is 18.2 Å². The molecule has 0 fully saturated rings. The number of aromatic amines is 1. The SMILES string of the molecule is CCNC(=NCc1cccc(-c2ncn[nH]2)c1)NC1CCCn2nc(C)nc21. The molecule has 0 radical (unpaired) electrons. The number of hydrogen-bond donors (Lipinski definition) is 3. The fourth-order valence-corrected chi connectivity index (χ4v) is 3.42. The zero-order valence-corrected chi connectivity index (χ0v) is 16.2. The second-order valence-electron chi connectivity index (χ2n) is 6.81. The lowest BCUT2D eigenvalue weighted by Gasteiger charge is -2.25. The minimum absolute atomic E-state index is 0.119. The van der Waals surface area contributed by atoms with Gasteiger partial charge in [0, 0.05) is 18.7 Å². The predicted octanol–water partition coefficient (Wildman–Crippen LogP) is 1.96. The van der Waals surface area contributed by atoms with Crippen LogP contribution in [-0.4, -0.2) is 42.5 Å². The standard InChI is InChI=1S/C19H25N9/c1-3-20-19(25-16-8-5-9-28-18(16)24-13(2)27-28)21-11-14-6-4-7-15(10-14)17-22-12-23-26-17/h4,6-7,10,12,16H,3,5,8-9,11H2,1-2H3,(H2,20,21,25)(H,22,23,26). The van der Waals surface area contributed by atoms with Gasteiger partial charge in [-0.25, -0.2) is 19.6 Å². The number of fused-ring (bicyclic) bond motifs is 1. The van der Waals surface area contributed by atoms with Gasteiger partial charge in [-0.2, -0.15) is 10.2 Å². The van der Waals surface area contributed by atoms with E-state index in [0.29, 0.717) is 6.54 Å². The molecular formula is C19H25N9. The lowest BCUT2D eigenvalue weighted by molar-refractivity contribution is 0.397. The number of rotatable bonds is 5. The van der Waals surface area contributed by atoms with Crippen molar-refractivity contribution >= 4 is 5.96 Å². The van der Waals surface area contributed by atoms with Crippen LogP contribution in [0.5, 0.6) is 0 Å². The van der Waals surface area contributed by atoms with Crippen molar-refractivity contribution in [2.45, 2.75) is 45.8 Å². The van der Waals surface area contributed by atoms with E-state index < -0.39 is 0 Å². The highest BCUT2D eigenvalue weighted by Gasteiger charge is 2.24. The number of nitrogens with zero attached hydrogens (tertiary/aromatic N) is 6. The van der Waals surface area contributed by atoms with Crippen LogP contribution >= 0.6 is 0 Å². The summed E-state index contributed by atoms with van der Waals surface area (Å²) in [5.74, 6) is 3.34. The Morgan fingerprint density at radius 3 is 3.14 bits per heavy atom. The molecule has 0 saturated carbocycles. The number of aryl methyl sites for hydroxylation is 2. The third-order valence-electron chi connectivity index (χ3n) is 4.67. The van der Waals surface area contributed by atoms with Gasteiger partial charge in [0.2, 0.25) is 0 Å². The fraction of sp³-hybridized carbons (Fsp3) is 0.421. The number of aromatic nitrogens is 6. The average Bonchev–Trinajstić information content (AvgIpc) is 3.36. The lowest BCUT2D eigenvalue weighted by atomic mass is 10.1. The Labute approximate surface area is 163 Å². The number of aliphatic imine (C=N–C) groups is 1. The van der Waals surface area contributed by atoms with Gasteiger partial charge in [0.15, 0.2) is 11.8 Å². The van der Waals surface area contributed by atoms with Crippen LogP contribution in [0.3, 0.4) is 0 Å². The topological polar surface area (TPSA) is 109 Å². The van der Waals surface area contributed by atoms with Crippen LogP contribution in [0.1, 0.15) is 43.0 Å². The van der Waals surface area contributed by atoms with Gasteiger partial charge in [0.1, 0.15) is 18.0 Å². The first-order valence-electron chi connectivity index (χ1n) is 9.64. The molecule has 28 heavy (non-hydrogen) atoms. The molecule has 1 aliphatic rings. The van der Waals surface area contributed by atoms with Crippen LogP contribution in [-0.2, 0) is 13.1 Å². The summed E-state index contributed by atoms with van der Waals surface area (Å²) >= 11 is 0. The van der Waals surface area contributed by atoms with Crippen LogP contribution in [0, 0.1) is 6.92 Å². The van der Waals surface area contributed by atoms with Crippen molar-refractivity contribution in [2.24, 2.45) is 4.99 Å². The van der Waals surface area contributed by atoms with Crippen molar-refractivity contribution in [3.63, 3.8) is 0 Å². The Balaban J connectivity index is 1.49. The summed E-state index contributed by atoms with van der Waals surface area (Å²) in [5.41, 5.74) is 2.10. The zero-order chi connectivity index (χ0) is 19.3. The van der Waals surface area contributed by atoms with Crippen molar-refractivity contribution in [1.29, 1.82) is 0 Å². The molecular weight excluding hydrogens is 354 g/mol. The highest BCUT2D eigenvalue weighted by Crippen LogP contribution is 2.23. The molecule has 1 unspecified atom stereocenters. The molecule has 0 saturated heterocycles. The van der Waals surface area contributed by atoms with E-state index >= 15 is 0 Å². The van der Waals surface area contributed by atoms with Crippen LogP contribution in [0.15, 0.2) is 35.6 Å². The number of guanidine groups is 1. The summed E-state index contributed by atoms with van der Waals surface area (Å²) in [6, 6.07) is 8.28. The molecule has 1 aromatic carbocycles. The zero-order valence-electron chi connectivity index (χ0n) is 16.2. The van der Waals surface area contributed by atoms with Gasteiger partial charge in [-0.15, -0.1) is 0 Å². The summed E-state index contributed by atoms with van der Waals surface area (Å²) in [7, 11) is 0. The van der Waals surface area contributed by atoms with Crippen molar-refractivity contribution in [3.05, 3.63) is 47.8 Å². The van der Waals surface area contributed by atoms with E-state index in [4.69, 9.17) is 4.99 Å². The number of hydrogen-bond acceptors (Lipinski definition) is 5. The number of benzene rings is 1. The quantitative estimate of drug-likeness (QED) is 0.462. The Bertz CT molecular complexity index is 942. The Morgan fingerprint density at radius 1 is 1.39 bits per heavy atom. The van der Waals surface area contributed by atoms with E-state index in [1.807, 2.05) is 23.7 Å². The summed E-state index contributed by atoms with van der Waals surface area (Å²) < 4.78 is 2.00. The normalized spacial score (nSPS) is 16.6. The largest absolute Gasteiger partial charge is 0.357 e. The molecule has 3 aromatic rings. The molecule has 3 N–H and O–H groups in total. The maximum Gasteiger partial charge on any atom is 0.192 e. The minimum atomic E-state index is 0.119. The first kappa shape index (κ1) is 18.1. The molecule has 4 rings (SSSR count). The molecule has 3 heterocycles. The smallest absolute Gasteiger partial charge is 0.192 e. The van der Waals surface area contributed by atoms with Gasteiger partial charge in [0.25, 0.3) is 0 Å². The number of nitrogens with one attached hydrogen (secondary N) is 3. The maximum absolute atomic E-state index is 4.77. The molecule has 146 valence electrons. The van der Waals surface area contributed by atoms with Gasteiger partial charge >= 0.3 is 0 Å². The van der Waals surface area contributed by atoms with Crippen molar-refractivity contribution in [1.82, 2.24) is 40.6 Å². The second-order valence-corrected chi connectivity index (χ2v) is 6.81. The second kappa shape index (κ2) is 8.20. The highest BCUT2D eigenvalue weighted by atomic mass is 15.4. The molecule has 0 spiro atoms. The predicted molar refractivity (Wildman–Crippen MR) is 107 cm³/mol. The van der Waals surface area contributed by atoms with E-state index in [9.17, 15) is 0 Å². The minimum Gasteiger partial charge on any atom is -0.357 e. The van der Waals surface area contributed by atoms with Gasteiger partial charge in [-0.05, 0) is 38.3 Å². The molecule has 0 bridgehead atoms. The van der Waals surface area contributed by atoms with E-state index in [1.165, 1.54) is 6.33 Å². The van der Waals surface area contributed by atoms with Crippen LogP contribution in [0.25, 0.3) is 11.4 Å². The van der Waals surface area contributed by atoms with Crippen molar-refractivity contribution in [2.75, 3.05) is 6.54 Å². The monoisotopic (exact) mass is 379 g/mol. The molecule has 9 nitrogen and oxygen atoms in total. The van der Waals surface area contributed by atoms with Gasteiger partial charge in [-0.3, -0.25) is 5.10 Å². The summed E-state index contributed by atoms with van der Waals surface area (Å²) in [6.07, 6.45) is 3.60. The van der Waals surface area contributed by atoms with Crippen molar-refractivity contribution in [3.8, 4) is 11.4 Å². The molecule has 0 amide bonds. The first-order chi connectivity index (χ1) is 13.7. The van der Waals surface area contributed by atoms with E-state index in [0.717, 1.165) is 60.5 Å². The summed E-state index contributed by atoms with van der Waals surface area (Å²) in [6.45, 7) is 6.28. The first-order valence-corrected chi connectivity index (χ1v) is 9.64. The van der Waals surface area contributed by atoms with Gasteiger partial charge < -0.3 is 10.6 Å². The summed E-state index contributed by atoms with van der Waals surface area (Å²) in [4.78, 5) is 13.6. The van der Waals surface area contributed by atoms with Gasteiger partial charge in [0.05, 0.1) is 12.6 Å². The Morgan fingerprint density at radius 2 is 2.32 bits per heavy atom. The average molecular weight is 379 g/mol. The Hall–Kier alpha value is -3.23. The van der Waals surface area contributed by atoms with E-state index in [2.05, 4.69) is 55.0 Å². The third-order valence-corrected chi connectivity index (χ3v) is 4.67. The van der Waals surface area contributed by atoms with Crippen LogP contribution in [0.2, 0.25) is 0 Å². The maximum atomic E-state index is 4.77. The fourth-order valence-electron chi connectivity index (χ4n) is 3.42. The molecule has 2 aromatic heterocycles. The number of H-pyrrole nitrogens is 1. The Kier molecular flexibility index (Phi) is 5.31. The third kappa shape index (κ3) is 4.03. The molecule has 0 aliphatic carbocycles. The summed E-state index contributed by atoms with van der Waals surface area (Å²) in [5, 5.41) is 18.1. The van der Waals surface area contributed by atoms with E-state index in [-0.39, 0.29) is 6.04 Å². The highest BCUT2D eigenvalue weighted by molar-refractivity contribution is 5.80. The molecule has 1 aliphatic heterocycles. The van der Waals surface area contributed by atoms with E-state index in [1.54, 1.807) is 0 Å². The molecule has 9 heteroatoms.